The van der Waals surface area contributed by atoms with Crippen LogP contribution in [-0.4, -0.2) is 31.1 Å². The van der Waals surface area contributed by atoms with E-state index in [-0.39, 0.29) is 17.6 Å². The summed E-state index contributed by atoms with van der Waals surface area (Å²) in [7, 11) is 0. The number of nitrogens with one attached hydrogen (secondary N) is 2. The third-order valence-corrected chi connectivity index (χ3v) is 5.59. The molecule has 0 aliphatic carbocycles. The molecule has 6 nitrogen and oxygen atoms in total. The number of carbonyl (C=O) groups excluding carboxylic acids is 2. The Kier molecular flexibility index (Phi) is 5.24. The summed E-state index contributed by atoms with van der Waals surface area (Å²) in [6, 6.07) is 3.77. The fraction of sp³-hybridized carbons (Fsp3) is 0.444. The Labute approximate surface area is 150 Å². The molecule has 0 saturated carbocycles. The lowest BCUT2D eigenvalue weighted by atomic mass is 10.0. The van der Waals surface area contributed by atoms with Crippen LogP contribution in [0.3, 0.4) is 0 Å². The standard InChI is InChI=1S/C18H22N2O4S/c1-4-23-18(22)15-12-7-8-20(11(2)3)10-14(12)25-17(15)19-16(21)13-6-5-9-24-13/h5-6,9,11H,4,7-8,10H2,1-3H3,(H,19,21)/p+1. The SMILES string of the molecule is CCOC(=O)c1c(NC(=O)c2ccco2)sc2c1CC[NH+](C(C)C)C2. The van der Waals surface area contributed by atoms with Gasteiger partial charge in [-0.2, -0.15) is 0 Å². The Balaban J connectivity index is 1.93. The maximum Gasteiger partial charge on any atom is 0.341 e. The van der Waals surface area contributed by atoms with E-state index in [0.717, 1.165) is 30.0 Å². The van der Waals surface area contributed by atoms with Crippen LogP contribution in [0.5, 0.6) is 0 Å². The monoisotopic (exact) mass is 363 g/mol. The number of thiophene rings is 1. The van der Waals surface area contributed by atoms with E-state index in [1.165, 1.54) is 22.5 Å². The van der Waals surface area contributed by atoms with Crippen molar-refractivity contribution in [3.63, 3.8) is 0 Å². The molecule has 25 heavy (non-hydrogen) atoms. The van der Waals surface area contributed by atoms with Gasteiger partial charge in [0.2, 0.25) is 0 Å². The van der Waals surface area contributed by atoms with E-state index < -0.39 is 0 Å². The topological polar surface area (TPSA) is 73.0 Å². The summed E-state index contributed by atoms with van der Waals surface area (Å²) in [5, 5.41) is 3.38. The first-order valence-electron chi connectivity index (χ1n) is 8.52. The van der Waals surface area contributed by atoms with Crippen LogP contribution in [0.4, 0.5) is 5.00 Å². The molecule has 2 aromatic rings. The van der Waals surface area contributed by atoms with Crippen molar-refractivity contribution in [2.45, 2.75) is 39.8 Å². The van der Waals surface area contributed by atoms with E-state index in [2.05, 4.69) is 19.2 Å². The summed E-state index contributed by atoms with van der Waals surface area (Å²) in [5.74, 6) is -0.513. The van der Waals surface area contributed by atoms with E-state index in [1.54, 1.807) is 19.1 Å². The average Bonchev–Trinajstić information content (AvgIpc) is 3.21. The van der Waals surface area contributed by atoms with Gasteiger partial charge in [0.05, 0.1) is 35.9 Å². The minimum absolute atomic E-state index is 0.218. The molecule has 2 N–H and O–H groups in total. The maximum atomic E-state index is 12.5. The highest BCUT2D eigenvalue weighted by atomic mass is 32.1. The summed E-state index contributed by atoms with van der Waals surface area (Å²) in [5.41, 5.74) is 1.52. The van der Waals surface area contributed by atoms with Gasteiger partial charge in [-0.3, -0.25) is 4.79 Å². The second-order valence-electron chi connectivity index (χ2n) is 6.35. The second kappa shape index (κ2) is 7.41. The van der Waals surface area contributed by atoms with Crippen molar-refractivity contribution in [1.82, 2.24) is 0 Å². The molecule has 7 heteroatoms. The minimum Gasteiger partial charge on any atom is -0.462 e. The molecular weight excluding hydrogens is 340 g/mol. The number of furan rings is 1. The molecule has 1 amide bonds. The first kappa shape index (κ1) is 17.7. The second-order valence-corrected chi connectivity index (χ2v) is 7.45. The fourth-order valence-electron chi connectivity index (χ4n) is 3.07. The molecule has 134 valence electrons. The average molecular weight is 363 g/mol. The first-order chi connectivity index (χ1) is 12.0. The molecule has 0 radical (unpaired) electrons. The Morgan fingerprint density at radius 1 is 1.44 bits per heavy atom. The van der Waals surface area contributed by atoms with Crippen LogP contribution in [0.1, 0.15) is 52.1 Å². The lowest BCUT2D eigenvalue weighted by Crippen LogP contribution is -3.14. The summed E-state index contributed by atoms with van der Waals surface area (Å²) < 4.78 is 10.4. The van der Waals surface area contributed by atoms with E-state index >= 15 is 0 Å². The number of anilines is 1. The van der Waals surface area contributed by atoms with Gasteiger partial charge in [0.15, 0.2) is 5.76 Å². The lowest BCUT2D eigenvalue weighted by molar-refractivity contribution is -0.936. The van der Waals surface area contributed by atoms with Gasteiger partial charge in [-0.25, -0.2) is 4.79 Å². The number of quaternary nitrogens is 1. The van der Waals surface area contributed by atoms with E-state index in [4.69, 9.17) is 9.15 Å². The Morgan fingerprint density at radius 2 is 2.24 bits per heavy atom. The Bertz CT molecular complexity index is 764. The Morgan fingerprint density at radius 3 is 2.88 bits per heavy atom. The van der Waals surface area contributed by atoms with Crippen LogP contribution >= 0.6 is 11.3 Å². The van der Waals surface area contributed by atoms with Crippen molar-refractivity contribution in [3.8, 4) is 0 Å². The van der Waals surface area contributed by atoms with Crippen molar-refractivity contribution in [2.75, 3.05) is 18.5 Å². The molecule has 0 bridgehead atoms. The van der Waals surface area contributed by atoms with Crippen molar-refractivity contribution in [2.24, 2.45) is 0 Å². The highest BCUT2D eigenvalue weighted by Gasteiger charge is 2.32. The zero-order valence-corrected chi connectivity index (χ0v) is 15.5. The summed E-state index contributed by atoms with van der Waals surface area (Å²) in [6.45, 7) is 8.31. The molecule has 0 spiro atoms. The number of esters is 1. The van der Waals surface area contributed by atoms with Gasteiger partial charge in [0.25, 0.3) is 5.91 Å². The van der Waals surface area contributed by atoms with Crippen LogP contribution in [-0.2, 0) is 17.7 Å². The molecule has 1 atom stereocenters. The Hall–Kier alpha value is -2.12. The van der Waals surface area contributed by atoms with Gasteiger partial charge >= 0.3 is 5.97 Å². The molecule has 0 saturated heterocycles. The van der Waals surface area contributed by atoms with Crippen LogP contribution in [0.15, 0.2) is 22.8 Å². The first-order valence-corrected chi connectivity index (χ1v) is 9.34. The fourth-order valence-corrected chi connectivity index (χ4v) is 4.36. The zero-order valence-electron chi connectivity index (χ0n) is 14.7. The van der Waals surface area contributed by atoms with Crippen molar-refractivity contribution in [1.29, 1.82) is 0 Å². The van der Waals surface area contributed by atoms with E-state index in [1.807, 2.05) is 0 Å². The number of hydrogen-bond acceptors (Lipinski definition) is 5. The number of amides is 1. The maximum absolute atomic E-state index is 12.5. The quantitative estimate of drug-likeness (QED) is 0.798. The van der Waals surface area contributed by atoms with Gasteiger partial charge in [-0.15, -0.1) is 11.3 Å². The normalized spacial score (nSPS) is 16.6. The van der Waals surface area contributed by atoms with Crippen LogP contribution in [0.2, 0.25) is 0 Å². The van der Waals surface area contributed by atoms with E-state index in [9.17, 15) is 9.59 Å². The van der Waals surface area contributed by atoms with Gasteiger partial charge in [0.1, 0.15) is 11.5 Å². The van der Waals surface area contributed by atoms with Gasteiger partial charge in [0, 0.05) is 6.42 Å². The minimum atomic E-state index is -0.372. The highest BCUT2D eigenvalue weighted by Crippen LogP contribution is 2.35. The zero-order chi connectivity index (χ0) is 18.0. The van der Waals surface area contributed by atoms with Crippen molar-refractivity contribution >= 4 is 28.2 Å². The van der Waals surface area contributed by atoms with Crippen molar-refractivity contribution < 1.29 is 23.6 Å². The summed E-state index contributed by atoms with van der Waals surface area (Å²) in [6.07, 6.45) is 2.26. The summed E-state index contributed by atoms with van der Waals surface area (Å²) in [4.78, 5) is 27.4. The van der Waals surface area contributed by atoms with Crippen molar-refractivity contribution in [3.05, 3.63) is 40.2 Å². The third kappa shape index (κ3) is 3.62. The molecule has 3 heterocycles. The van der Waals surface area contributed by atoms with Crippen LogP contribution < -0.4 is 10.2 Å². The molecule has 3 rings (SSSR count). The number of fused-ring (bicyclic) bond motifs is 1. The molecule has 0 fully saturated rings. The van der Waals surface area contributed by atoms with Crippen LogP contribution in [0.25, 0.3) is 0 Å². The summed E-state index contributed by atoms with van der Waals surface area (Å²) >= 11 is 1.47. The number of ether oxygens (including phenoxy) is 1. The smallest absolute Gasteiger partial charge is 0.341 e. The largest absolute Gasteiger partial charge is 0.462 e. The lowest BCUT2D eigenvalue weighted by Gasteiger charge is -2.27. The molecule has 1 aliphatic rings. The van der Waals surface area contributed by atoms with E-state index in [0.29, 0.717) is 23.2 Å². The predicted octanol–water partition coefficient (Wildman–Crippen LogP) is 2.12. The molecule has 1 unspecified atom stereocenters. The molecular formula is C18H23N2O4S+. The number of carbonyl (C=O) groups is 2. The van der Waals surface area contributed by atoms with Crippen LogP contribution in [0, 0.1) is 0 Å². The molecule has 0 aromatic carbocycles. The number of hydrogen-bond donors (Lipinski definition) is 2. The number of rotatable bonds is 5. The van der Waals surface area contributed by atoms with Gasteiger partial charge in [-0.05, 0) is 38.5 Å². The van der Waals surface area contributed by atoms with Gasteiger partial charge in [-0.1, -0.05) is 0 Å². The molecule has 1 aliphatic heterocycles. The highest BCUT2D eigenvalue weighted by molar-refractivity contribution is 7.17. The molecule has 2 aromatic heterocycles. The van der Waals surface area contributed by atoms with Gasteiger partial charge < -0.3 is 19.4 Å². The predicted molar refractivity (Wildman–Crippen MR) is 95.3 cm³/mol. The third-order valence-electron chi connectivity index (χ3n) is 4.44.